The van der Waals surface area contributed by atoms with Crippen LogP contribution in [0.3, 0.4) is 0 Å². The summed E-state index contributed by atoms with van der Waals surface area (Å²) < 4.78 is 41.6. The molecule has 0 bridgehead atoms. The molecule has 0 spiro atoms. The number of carbonyl (C=O) groups is 4. The quantitative estimate of drug-likeness (QED) is 0.0466. The van der Waals surface area contributed by atoms with E-state index in [9.17, 15) is 62.6 Å². The summed E-state index contributed by atoms with van der Waals surface area (Å²) in [5, 5.41) is 28.8. The first-order valence-corrected chi connectivity index (χ1v) is 35.9. The van der Waals surface area contributed by atoms with Gasteiger partial charge >= 0.3 is 28.5 Å². The van der Waals surface area contributed by atoms with Crippen LogP contribution in [-0.2, 0) is 24.4 Å². The molecule has 3 saturated heterocycles. The van der Waals surface area contributed by atoms with Crippen LogP contribution in [0.1, 0.15) is 66.4 Å². The zero-order valence-corrected chi connectivity index (χ0v) is 60.7. The summed E-state index contributed by atoms with van der Waals surface area (Å²) >= 11 is 13.5. The number of anilines is 3. The number of rotatable bonds is 17. The number of ether oxygens (including phenoxy) is 1. The fourth-order valence-electron chi connectivity index (χ4n) is 13.5. The van der Waals surface area contributed by atoms with E-state index >= 15 is 0 Å². The van der Waals surface area contributed by atoms with Crippen LogP contribution >= 0.6 is 34.5 Å². The summed E-state index contributed by atoms with van der Waals surface area (Å²) in [5.41, 5.74) is 1.79. The normalized spacial score (nSPS) is 13.7. The van der Waals surface area contributed by atoms with Crippen LogP contribution in [0.5, 0.6) is 0 Å². The lowest BCUT2D eigenvalue weighted by Gasteiger charge is -2.37. The predicted molar refractivity (Wildman–Crippen MR) is 414 cm³/mol. The minimum absolute atomic E-state index is 0. The Bertz CT molecular complexity index is 5350. The number of likely N-dealkylation sites (N-methyl/N-ethyl adjacent to an activating group) is 1. The van der Waals surface area contributed by atoms with Gasteiger partial charge in [-0.2, -0.15) is 0 Å². The molecule has 25 nitrogen and oxygen atoms in total. The van der Waals surface area contributed by atoms with Crippen LogP contribution in [0, 0.1) is 31.9 Å². The number of benzene rings is 6. The second kappa shape index (κ2) is 34.3. The summed E-state index contributed by atoms with van der Waals surface area (Å²) in [6, 6.07) is 44.6. The highest BCUT2D eigenvalue weighted by molar-refractivity contribution is 7.12. The third kappa shape index (κ3) is 16.7. The Hall–Kier alpha value is -11.6. The van der Waals surface area contributed by atoms with Gasteiger partial charge in [-0.25, -0.2) is 13.6 Å². The smallest absolute Gasteiger partial charge is 0.357 e. The highest BCUT2D eigenvalue weighted by atomic mass is 35.5. The Labute approximate surface area is 632 Å². The predicted octanol–water partition coefficient (Wildman–Crippen LogP) is 12.4. The van der Waals surface area contributed by atoms with Crippen molar-refractivity contribution >= 4 is 119 Å². The SMILES string of the molecule is C.CCOC(=O)c1c(N2CCN(C(=O)c3cccs3)CC2)c2ccccc2n(CCN(C)C)c1=O.O=C(c1ccc(Cl)c(Cl)c1)N1CCN(c2c([N+](=O)[O-])c(=O)n(Cc3ccc(F)cc3)c3ccccc23)CC1.O=C(c1ccco1)N1CCN(c2c([N+](=O)[O-])c(=O)n(Cc3ccc(F)cc3)c3ccccc23)CC1. The summed E-state index contributed by atoms with van der Waals surface area (Å²) in [6.07, 6.45) is 1.43. The van der Waals surface area contributed by atoms with Gasteiger partial charge in [-0.1, -0.05) is 116 Å². The van der Waals surface area contributed by atoms with Crippen LogP contribution in [-0.4, -0.2) is 173 Å². The average molecular weight is 1530 g/mol. The molecule has 3 fully saturated rings. The van der Waals surface area contributed by atoms with E-state index < -0.39 is 49.9 Å². The molecule has 0 unspecified atom stereocenters. The van der Waals surface area contributed by atoms with Gasteiger partial charge in [0.1, 0.15) is 28.6 Å². The van der Waals surface area contributed by atoms with E-state index in [-0.39, 0.29) is 78.1 Å². The van der Waals surface area contributed by atoms with Crippen molar-refractivity contribution in [2.45, 2.75) is 34.0 Å². The van der Waals surface area contributed by atoms with Crippen molar-refractivity contribution in [1.82, 2.24) is 33.3 Å². The third-order valence-corrected chi connectivity index (χ3v) is 20.4. The molecular weight excluding hydrogens is 1450 g/mol. The number of esters is 1. The minimum atomic E-state index is -0.748. The first-order chi connectivity index (χ1) is 51.6. The number of para-hydroxylation sites is 3. The van der Waals surface area contributed by atoms with Crippen molar-refractivity contribution in [2.75, 3.05) is 120 Å². The molecule has 14 rings (SSSR count). The molecule has 0 N–H and O–H groups in total. The fourth-order valence-corrected chi connectivity index (χ4v) is 14.5. The molecule has 30 heteroatoms. The van der Waals surface area contributed by atoms with Crippen LogP contribution in [0.25, 0.3) is 32.7 Å². The maximum absolute atomic E-state index is 13.7. The Kier molecular flexibility index (Phi) is 24.6. The van der Waals surface area contributed by atoms with E-state index in [0.29, 0.717) is 141 Å². The third-order valence-electron chi connectivity index (χ3n) is 18.8. The highest BCUT2D eigenvalue weighted by Crippen LogP contribution is 2.38. The Morgan fingerprint density at radius 1 is 0.528 bits per heavy atom. The first-order valence-electron chi connectivity index (χ1n) is 34.3. The van der Waals surface area contributed by atoms with Gasteiger partial charge < -0.3 is 48.0 Å². The zero-order chi connectivity index (χ0) is 75.7. The lowest BCUT2D eigenvalue weighted by molar-refractivity contribution is -0.385. The van der Waals surface area contributed by atoms with E-state index in [1.54, 1.807) is 128 Å². The largest absolute Gasteiger partial charge is 0.462 e. The molecule has 8 heterocycles. The summed E-state index contributed by atoms with van der Waals surface area (Å²) in [5.74, 6) is -1.64. The molecule has 108 heavy (non-hydrogen) atoms. The number of nitro groups is 2. The number of hydrogen-bond donors (Lipinski definition) is 0. The van der Waals surface area contributed by atoms with Crippen LogP contribution in [0.15, 0.2) is 194 Å². The number of pyridine rings is 3. The van der Waals surface area contributed by atoms with Crippen molar-refractivity contribution in [3.8, 4) is 0 Å². The van der Waals surface area contributed by atoms with E-state index in [1.165, 1.54) is 57.1 Å². The summed E-state index contributed by atoms with van der Waals surface area (Å²) in [7, 11) is 3.90. The van der Waals surface area contributed by atoms with Crippen molar-refractivity contribution in [3.63, 3.8) is 0 Å². The Balaban J connectivity index is 0.000000161. The van der Waals surface area contributed by atoms with Gasteiger partial charge in [0.05, 0.1) is 73.0 Å². The monoisotopic (exact) mass is 1530 g/mol. The number of halogens is 4. The van der Waals surface area contributed by atoms with Crippen molar-refractivity contribution in [1.29, 1.82) is 0 Å². The first kappa shape index (κ1) is 77.5. The molecule has 0 atom stereocenters. The van der Waals surface area contributed by atoms with E-state index in [2.05, 4.69) is 0 Å². The number of aromatic nitrogens is 3. The van der Waals surface area contributed by atoms with Crippen molar-refractivity contribution in [3.05, 3.63) is 281 Å². The lowest BCUT2D eigenvalue weighted by Crippen LogP contribution is -2.49. The number of fused-ring (bicyclic) bond motifs is 3. The number of furan rings is 1. The van der Waals surface area contributed by atoms with Gasteiger partial charge in [0.25, 0.3) is 23.3 Å². The van der Waals surface area contributed by atoms with Gasteiger partial charge in [-0.05, 0) is 116 Å². The molecule has 11 aromatic rings. The Morgan fingerprint density at radius 3 is 1.40 bits per heavy atom. The number of piperazine rings is 3. The van der Waals surface area contributed by atoms with Gasteiger partial charge in [0, 0.05) is 113 Å². The molecule has 0 radical (unpaired) electrons. The van der Waals surface area contributed by atoms with E-state index in [4.69, 9.17) is 32.4 Å². The zero-order valence-electron chi connectivity index (χ0n) is 58.4. The van der Waals surface area contributed by atoms with Gasteiger partial charge in [-0.3, -0.25) is 58.1 Å². The molecule has 3 aliphatic heterocycles. The van der Waals surface area contributed by atoms with E-state index in [0.717, 1.165) is 15.8 Å². The number of carbonyl (C=O) groups excluding carboxylic acids is 4. The molecule has 560 valence electrons. The standard InChI is InChI=1S/C27H21Cl2FN4O4.C25H21FN4O5.C25H30N4O4S.CH4/c28-21-10-7-18(15-22(21)29)26(35)32-13-11-31(12-14-32)24-20-3-1-2-4-23(20)33(27(36)25(24)34(37)38)16-17-5-8-19(30)9-6-17;26-18-9-7-17(8-10-18)16-29-20-5-2-1-4-19(20)22(23(25(29)32)30(33)34)27-11-13-28(14-12-27)24(31)21-6-3-15-35-21;1-4-33-25(32)21-22(27-12-14-28(15-13-27)23(30)20-10-7-17-34-20)18-8-5-6-9-19(18)29(24(21)31)16-11-26(2)3;/h1-10,15H,11-14,16H2;1-10,15H,11-14,16H2;5-10,17H,4,11-16H2,1-3H3;1H4. The van der Waals surface area contributed by atoms with E-state index in [1.807, 2.05) is 70.6 Å². The van der Waals surface area contributed by atoms with Gasteiger partial charge in [-0.15, -0.1) is 11.3 Å². The van der Waals surface area contributed by atoms with Gasteiger partial charge in [0.2, 0.25) is 0 Å². The molecule has 5 aromatic heterocycles. The second-order valence-electron chi connectivity index (χ2n) is 25.6. The second-order valence-corrected chi connectivity index (χ2v) is 27.4. The van der Waals surface area contributed by atoms with Crippen molar-refractivity contribution in [2.24, 2.45) is 0 Å². The molecule has 3 aliphatic rings. The lowest BCUT2D eigenvalue weighted by atomic mass is 10.1. The number of thiophene rings is 1. The molecule has 6 aromatic carbocycles. The summed E-state index contributed by atoms with van der Waals surface area (Å²) in [6.45, 7) is 7.67. The average Bonchev–Trinajstić information content (AvgIpc) is 0.813. The van der Waals surface area contributed by atoms with Crippen LogP contribution in [0.4, 0.5) is 37.2 Å². The number of hydrogen-bond acceptors (Lipinski definition) is 18. The topological polar surface area (TPSA) is 266 Å². The molecule has 0 saturated carbocycles. The van der Waals surface area contributed by atoms with Crippen molar-refractivity contribution < 1.29 is 47.0 Å². The fraction of sp³-hybridized carbons (Fsp3) is 0.269. The number of nitrogens with zero attached hydrogens (tertiary/aromatic N) is 12. The molecule has 0 aliphatic carbocycles. The Morgan fingerprint density at radius 2 is 0.972 bits per heavy atom. The number of amides is 3. The van der Waals surface area contributed by atoms with Crippen LogP contribution < -0.4 is 31.4 Å². The molecule has 3 amide bonds. The van der Waals surface area contributed by atoms with Crippen LogP contribution in [0.2, 0.25) is 10.0 Å². The molecular formula is C78H76Cl2F2N12O13S. The highest BCUT2D eigenvalue weighted by Gasteiger charge is 2.36. The maximum Gasteiger partial charge on any atom is 0.357 e. The minimum Gasteiger partial charge on any atom is -0.462 e. The summed E-state index contributed by atoms with van der Waals surface area (Å²) in [4.78, 5) is 129. The van der Waals surface area contributed by atoms with Gasteiger partial charge in [0.15, 0.2) is 5.76 Å². The maximum atomic E-state index is 13.7.